The van der Waals surface area contributed by atoms with Crippen LogP contribution in [0.1, 0.15) is 11.1 Å². The van der Waals surface area contributed by atoms with E-state index in [0.717, 1.165) is 0 Å². The van der Waals surface area contributed by atoms with Crippen molar-refractivity contribution in [3.8, 4) is 0 Å². The maximum Gasteiger partial charge on any atom is 0.224 e. The summed E-state index contributed by atoms with van der Waals surface area (Å²) < 4.78 is 27.2. The first kappa shape index (κ1) is 16.8. The summed E-state index contributed by atoms with van der Waals surface area (Å²) >= 11 is 0. The van der Waals surface area contributed by atoms with Gasteiger partial charge < -0.3 is 10.6 Å². The average Bonchev–Trinajstić information content (AvgIpc) is 2.63. The van der Waals surface area contributed by atoms with E-state index in [0.29, 0.717) is 42.4 Å². The zero-order valence-corrected chi connectivity index (χ0v) is 13.5. The zero-order valence-electron chi connectivity index (χ0n) is 13.5. The number of aromatic nitrogens is 2. The molecule has 2 aromatic carbocycles. The molecule has 0 amide bonds. The van der Waals surface area contributed by atoms with Crippen LogP contribution in [-0.4, -0.2) is 16.5 Å². The number of hydrogen-bond acceptors (Lipinski definition) is 4. The molecule has 1 aromatic heterocycles. The van der Waals surface area contributed by atoms with Crippen molar-refractivity contribution in [1.82, 2.24) is 9.97 Å². The molecular formula is C19H18F2N4. The molecule has 0 atom stereocenters. The molecule has 4 nitrogen and oxygen atoms in total. The highest BCUT2D eigenvalue weighted by Crippen LogP contribution is 2.11. The van der Waals surface area contributed by atoms with E-state index in [1.165, 1.54) is 12.1 Å². The number of benzene rings is 2. The lowest BCUT2D eigenvalue weighted by atomic mass is 10.1. The minimum atomic E-state index is -0.257. The predicted molar refractivity (Wildman–Crippen MR) is 94.4 cm³/mol. The summed E-state index contributed by atoms with van der Waals surface area (Å²) in [6, 6.07) is 15.0. The van der Waals surface area contributed by atoms with E-state index in [2.05, 4.69) is 20.6 Å². The molecule has 3 aromatic rings. The normalized spacial score (nSPS) is 10.5. The molecular weight excluding hydrogens is 322 g/mol. The fourth-order valence-corrected chi connectivity index (χ4v) is 2.38. The Kier molecular flexibility index (Phi) is 5.51. The Bertz CT molecular complexity index is 839. The third-order valence-corrected chi connectivity index (χ3v) is 3.71. The molecule has 0 spiro atoms. The van der Waals surface area contributed by atoms with Gasteiger partial charge in [-0.25, -0.2) is 13.8 Å². The Balaban J connectivity index is 1.54. The lowest BCUT2D eigenvalue weighted by Crippen LogP contribution is -2.10. The monoisotopic (exact) mass is 340 g/mol. The first-order valence-electron chi connectivity index (χ1n) is 8.00. The van der Waals surface area contributed by atoms with Crippen molar-refractivity contribution in [2.75, 3.05) is 17.2 Å². The van der Waals surface area contributed by atoms with Crippen molar-refractivity contribution < 1.29 is 8.78 Å². The first-order chi connectivity index (χ1) is 12.2. The molecule has 0 unspecified atom stereocenters. The minimum absolute atomic E-state index is 0.217. The van der Waals surface area contributed by atoms with Crippen molar-refractivity contribution in [1.29, 1.82) is 0 Å². The summed E-state index contributed by atoms with van der Waals surface area (Å²) in [4.78, 5) is 8.46. The van der Waals surface area contributed by atoms with Crippen LogP contribution in [0.25, 0.3) is 0 Å². The molecule has 0 aliphatic carbocycles. The lowest BCUT2D eigenvalue weighted by Gasteiger charge is -2.09. The van der Waals surface area contributed by atoms with Crippen molar-refractivity contribution in [3.63, 3.8) is 0 Å². The summed E-state index contributed by atoms with van der Waals surface area (Å²) in [5, 5.41) is 6.14. The number of nitrogens with one attached hydrogen (secondary N) is 2. The largest absolute Gasteiger partial charge is 0.366 e. The molecule has 0 saturated heterocycles. The number of rotatable bonds is 7. The molecule has 128 valence electrons. The number of hydrogen-bond donors (Lipinski definition) is 2. The van der Waals surface area contributed by atoms with Crippen LogP contribution in [0, 0.1) is 11.6 Å². The Morgan fingerprint density at radius 3 is 2.20 bits per heavy atom. The van der Waals surface area contributed by atoms with E-state index in [1.54, 1.807) is 42.6 Å². The van der Waals surface area contributed by atoms with E-state index in [-0.39, 0.29) is 11.6 Å². The van der Waals surface area contributed by atoms with Gasteiger partial charge in [-0.1, -0.05) is 36.4 Å². The van der Waals surface area contributed by atoms with Gasteiger partial charge >= 0.3 is 0 Å². The second kappa shape index (κ2) is 8.19. The third-order valence-electron chi connectivity index (χ3n) is 3.71. The van der Waals surface area contributed by atoms with E-state index in [4.69, 9.17) is 0 Å². The minimum Gasteiger partial charge on any atom is -0.366 e. The standard InChI is InChI=1S/C19H18F2N4/c20-16-7-3-1-5-14(16)9-11-22-19-23-12-10-18(25-19)24-13-15-6-2-4-8-17(15)21/h1-8,10,12H,9,11,13H2,(H2,22,23,24,25). The van der Waals surface area contributed by atoms with Gasteiger partial charge in [0.2, 0.25) is 5.95 Å². The highest BCUT2D eigenvalue weighted by Gasteiger charge is 2.04. The molecule has 0 aliphatic rings. The maximum absolute atomic E-state index is 13.6. The van der Waals surface area contributed by atoms with Gasteiger partial charge in [-0.3, -0.25) is 0 Å². The SMILES string of the molecule is Fc1ccccc1CCNc1nccc(NCc2ccccc2F)n1. The summed E-state index contributed by atoms with van der Waals surface area (Å²) in [5.41, 5.74) is 1.21. The molecule has 0 bridgehead atoms. The van der Waals surface area contributed by atoms with Gasteiger partial charge in [-0.2, -0.15) is 4.98 Å². The highest BCUT2D eigenvalue weighted by molar-refractivity contribution is 5.40. The van der Waals surface area contributed by atoms with Gasteiger partial charge in [0.15, 0.2) is 0 Å². The molecule has 0 saturated carbocycles. The fraction of sp³-hybridized carbons (Fsp3) is 0.158. The van der Waals surface area contributed by atoms with Crippen molar-refractivity contribution >= 4 is 11.8 Å². The molecule has 2 N–H and O–H groups in total. The van der Waals surface area contributed by atoms with E-state index >= 15 is 0 Å². The topological polar surface area (TPSA) is 49.8 Å². The summed E-state index contributed by atoms with van der Waals surface area (Å²) in [6.07, 6.45) is 2.14. The molecule has 25 heavy (non-hydrogen) atoms. The van der Waals surface area contributed by atoms with E-state index in [9.17, 15) is 8.78 Å². The summed E-state index contributed by atoms with van der Waals surface area (Å²) in [7, 11) is 0. The van der Waals surface area contributed by atoms with Crippen LogP contribution in [0.2, 0.25) is 0 Å². The Morgan fingerprint density at radius 2 is 1.48 bits per heavy atom. The second-order valence-electron chi connectivity index (χ2n) is 5.48. The summed E-state index contributed by atoms with van der Waals surface area (Å²) in [6.45, 7) is 0.843. The number of nitrogens with zero attached hydrogens (tertiary/aromatic N) is 2. The molecule has 0 aliphatic heterocycles. The number of halogens is 2. The molecule has 3 rings (SSSR count). The molecule has 6 heteroatoms. The maximum atomic E-state index is 13.6. The fourth-order valence-electron chi connectivity index (χ4n) is 2.38. The lowest BCUT2D eigenvalue weighted by molar-refractivity contribution is 0.610. The average molecular weight is 340 g/mol. The van der Waals surface area contributed by atoms with Crippen molar-refractivity contribution in [2.24, 2.45) is 0 Å². The van der Waals surface area contributed by atoms with Crippen LogP contribution in [0.3, 0.4) is 0 Å². The molecule has 0 fully saturated rings. The third kappa shape index (κ3) is 4.73. The highest BCUT2D eigenvalue weighted by atomic mass is 19.1. The Labute approximate surface area is 145 Å². The van der Waals surface area contributed by atoms with Crippen LogP contribution >= 0.6 is 0 Å². The van der Waals surface area contributed by atoms with Gasteiger partial charge in [0.1, 0.15) is 17.5 Å². The van der Waals surface area contributed by atoms with E-state index in [1.807, 2.05) is 6.07 Å². The molecule has 1 heterocycles. The summed E-state index contributed by atoms with van der Waals surface area (Å²) in [5.74, 6) is 0.555. The van der Waals surface area contributed by atoms with E-state index < -0.39 is 0 Å². The zero-order chi connectivity index (χ0) is 17.5. The Morgan fingerprint density at radius 1 is 0.800 bits per heavy atom. The van der Waals surface area contributed by atoms with Gasteiger partial charge in [-0.15, -0.1) is 0 Å². The van der Waals surface area contributed by atoms with Gasteiger partial charge in [0.05, 0.1) is 0 Å². The van der Waals surface area contributed by atoms with Crippen LogP contribution in [0.5, 0.6) is 0 Å². The van der Waals surface area contributed by atoms with Crippen LogP contribution in [0.4, 0.5) is 20.5 Å². The predicted octanol–water partition coefficient (Wildman–Crippen LogP) is 4.02. The van der Waals surface area contributed by atoms with Crippen LogP contribution in [0.15, 0.2) is 60.8 Å². The van der Waals surface area contributed by atoms with Crippen molar-refractivity contribution in [3.05, 3.63) is 83.6 Å². The second-order valence-corrected chi connectivity index (χ2v) is 5.48. The smallest absolute Gasteiger partial charge is 0.224 e. The van der Waals surface area contributed by atoms with Crippen LogP contribution < -0.4 is 10.6 Å². The number of anilines is 2. The Hall–Kier alpha value is -3.02. The van der Waals surface area contributed by atoms with Gasteiger partial charge in [0, 0.05) is 24.8 Å². The first-order valence-corrected chi connectivity index (χ1v) is 8.00. The van der Waals surface area contributed by atoms with Gasteiger partial charge in [0.25, 0.3) is 0 Å². The molecule has 0 radical (unpaired) electrons. The quantitative estimate of drug-likeness (QED) is 0.682. The van der Waals surface area contributed by atoms with Crippen molar-refractivity contribution in [2.45, 2.75) is 13.0 Å². The van der Waals surface area contributed by atoms with Crippen LogP contribution in [-0.2, 0) is 13.0 Å². The van der Waals surface area contributed by atoms with Gasteiger partial charge in [-0.05, 0) is 30.2 Å².